The Balaban J connectivity index is 1.27. The van der Waals surface area contributed by atoms with Crippen LogP contribution in [0.4, 0.5) is 4.79 Å². The zero-order valence-corrected chi connectivity index (χ0v) is 15.0. The number of amides is 2. The van der Waals surface area contributed by atoms with Crippen molar-refractivity contribution in [3.8, 4) is 0 Å². The van der Waals surface area contributed by atoms with E-state index in [9.17, 15) is 4.79 Å². The number of benzene rings is 1. The van der Waals surface area contributed by atoms with Crippen LogP contribution in [0.25, 0.3) is 0 Å². The molecule has 1 atom stereocenters. The number of rotatable bonds is 2. The Kier molecular flexibility index (Phi) is 2.94. The first-order chi connectivity index (χ1) is 12.2. The molecule has 2 aliphatic heterocycles. The second kappa shape index (κ2) is 5.02. The van der Waals surface area contributed by atoms with Crippen LogP contribution in [0.1, 0.15) is 55.7 Å². The number of hydrogen-bond donors (Lipinski definition) is 0. The molecule has 6 aliphatic rings. The van der Waals surface area contributed by atoms with E-state index >= 15 is 0 Å². The maximum Gasteiger partial charge on any atom is 0.320 e. The molecule has 4 saturated carbocycles. The molecule has 4 bridgehead atoms. The van der Waals surface area contributed by atoms with Crippen molar-refractivity contribution in [2.24, 2.45) is 23.2 Å². The van der Waals surface area contributed by atoms with Crippen LogP contribution in [0.3, 0.4) is 0 Å². The normalized spacial score (nSPS) is 41.2. The predicted molar refractivity (Wildman–Crippen MR) is 97.2 cm³/mol. The van der Waals surface area contributed by atoms with Crippen molar-refractivity contribution < 1.29 is 4.79 Å². The highest BCUT2D eigenvalue weighted by Gasteiger charge is 2.53. The van der Waals surface area contributed by atoms with Gasteiger partial charge in [-0.15, -0.1) is 0 Å². The van der Waals surface area contributed by atoms with Gasteiger partial charge in [0, 0.05) is 19.6 Å². The zero-order valence-electron chi connectivity index (χ0n) is 15.0. The summed E-state index contributed by atoms with van der Waals surface area (Å²) in [6, 6.07) is 9.38. The second-order valence-electron chi connectivity index (χ2n) is 9.74. The van der Waals surface area contributed by atoms with E-state index in [1.165, 1.54) is 49.7 Å². The number of fused-ring (bicyclic) bond motifs is 3. The first kappa shape index (κ1) is 14.6. The molecule has 0 aromatic heterocycles. The minimum absolute atomic E-state index is 0.298. The molecule has 5 fully saturated rings. The van der Waals surface area contributed by atoms with E-state index in [4.69, 9.17) is 0 Å². The number of urea groups is 1. The smallest absolute Gasteiger partial charge is 0.320 e. The van der Waals surface area contributed by atoms with Crippen LogP contribution < -0.4 is 0 Å². The van der Waals surface area contributed by atoms with Gasteiger partial charge in [-0.2, -0.15) is 0 Å². The summed E-state index contributed by atoms with van der Waals surface area (Å²) in [4.78, 5) is 17.5. The Labute approximate surface area is 150 Å². The summed E-state index contributed by atoms with van der Waals surface area (Å²) < 4.78 is 0. The van der Waals surface area contributed by atoms with E-state index in [1.807, 2.05) is 0 Å². The van der Waals surface area contributed by atoms with Crippen LogP contribution in [0.15, 0.2) is 24.3 Å². The van der Waals surface area contributed by atoms with E-state index < -0.39 is 0 Å². The second-order valence-corrected chi connectivity index (χ2v) is 9.74. The molecule has 0 N–H and O–H groups in total. The quantitative estimate of drug-likeness (QED) is 0.792. The first-order valence-corrected chi connectivity index (χ1v) is 10.3. The van der Waals surface area contributed by atoms with Gasteiger partial charge >= 0.3 is 6.03 Å². The van der Waals surface area contributed by atoms with Gasteiger partial charge in [-0.25, -0.2) is 4.79 Å². The fourth-order valence-electron chi connectivity index (χ4n) is 7.57. The number of nitrogens with zero attached hydrogens (tertiary/aromatic N) is 2. The molecule has 25 heavy (non-hydrogen) atoms. The van der Waals surface area contributed by atoms with Crippen molar-refractivity contribution in [2.75, 3.05) is 19.6 Å². The Morgan fingerprint density at radius 1 is 1.00 bits per heavy atom. The summed E-state index contributed by atoms with van der Waals surface area (Å²) in [5, 5.41) is 0. The molecule has 3 nitrogen and oxygen atoms in total. The summed E-state index contributed by atoms with van der Waals surface area (Å²) in [6.45, 7) is 2.85. The van der Waals surface area contributed by atoms with Crippen LogP contribution in [-0.4, -0.2) is 35.5 Å². The van der Waals surface area contributed by atoms with Crippen molar-refractivity contribution in [2.45, 2.75) is 51.0 Å². The van der Waals surface area contributed by atoms with Crippen molar-refractivity contribution in [1.82, 2.24) is 9.80 Å². The third-order valence-corrected chi connectivity index (χ3v) is 8.01. The maximum absolute atomic E-state index is 13.1. The molecule has 132 valence electrons. The van der Waals surface area contributed by atoms with Gasteiger partial charge in [0.25, 0.3) is 0 Å². The van der Waals surface area contributed by atoms with Gasteiger partial charge in [-0.1, -0.05) is 24.3 Å². The minimum atomic E-state index is 0.298. The summed E-state index contributed by atoms with van der Waals surface area (Å²) in [5.41, 5.74) is 3.31. The third kappa shape index (κ3) is 2.14. The summed E-state index contributed by atoms with van der Waals surface area (Å²) in [7, 11) is 0. The topological polar surface area (TPSA) is 23.6 Å². The lowest BCUT2D eigenvalue weighted by atomic mass is 9.49. The molecule has 4 aliphatic carbocycles. The number of hydrogen-bond acceptors (Lipinski definition) is 1. The highest BCUT2D eigenvalue weighted by Crippen LogP contribution is 2.60. The summed E-state index contributed by atoms with van der Waals surface area (Å²) >= 11 is 0. The lowest BCUT2D eigenvalue weighted by Gasteiger charge is -2.57. The first-order valence-electron chi connectivity index (χ1n) is 10.3. The lowest BCUT2D eigenvalue weighted by molar-refractivity contribution is -0.0625. The van der Waals surface area contributed by atoms with Crippen LogP contribution in [-0.2, 0) is 6.42 Å². The zero-order chi connectivity index (χ0) is 16.6. The Hall–Kier alpha value is -1.51. The van der Waals surface area contributed by atoms with E-state index in [0.717, 1.165) is 43.8 Å². The molecule has 0 spiro atoms. The SMILES string of the molecule is O=C1N(CC23CC4CC(CC(C4)C2)C3)CC2c3ccccc3CCN12. The molecular formula is C22H28N2O. The average molecular weight is 336 g/mol. The average Bonchev–Trinajstić information content (AvgIpc) is 2.89. The van der Waals surface area contributed by atoms with E-state index in [2.05, 4.69) is 34.1 Å². The van der Waals surface area contributed by atoms with Crippen LogP contribution in [0.2, 0.25) is 0 Å². The van der Waals surface area contributed by atoms with Gasteiger partial charge in [0.2, 0.25) is 0 Å². The van der Waals surface area contributed by atoms with Crippen LogP contribution >= 0.6 is 0 Å². The van der Waals surface area contributed by atoms with Crippen molar-refractivity contribution in [3.63, 3.8) is 0 Å². The Morgan fingerprint density at radius 2 is 1.68 bits per heavy atom. The molecule has 1 saturated heterocycles. The van der Waals surface area contributed by atoms with Gasteiger partial charge in [0.15, 0.2) is 0 Å². The summed E-state index contributed by atoms with van der Waals surface area (Å²) in [5.74, 6) is 2.90. The fourth-order valence-corrected chi connectivity index (χ4v) is 7.57. The lowest BCUT2D eigenvalue weighted by Crippen LogP contribution is -2.51. The van der Waals surface area contributed by atoms with E-state index in [1.54, 1.807) is 0 Å². The molecule has 3 heteroatoms. The predicted octanol–water partition coefficient (Wildman–Crippen LogP) is 4.24. The van der Waals surface area contributed by atoms with Gasteiger partial charge in [-0.05, 0) is 79.2 Å². The Bertz CT molecular complexity index is 691. The summed E-state index contributed by atoms with van der Waals surface area (Å²) in [6.07, 6.45) is 9.64. The highest BCUT2D eigenvalue weighted by molar-refractivity contribution is 5.78. The fraction of sp³-hybridized carbons (Fsp3) is 0.682. The van der Waals surface area contributed by atoms with E-state index in [0.29, 0.717) is 17.5 Å². The van der Waals surface area contributed by atoms with Crippen LogP contribution in [0, 0.1) is 23.2 Å². The largest absolute Gasteiger partial charge is 0.322 e. The molecular weight excluding hydrogens is 308 g/mol. The van der Waals surface area contributed by atoms with Gasteiger partial charge < -0.3 is 9.80 Å². The monoisotopic (exact) mass is 336 g/mol. The van der Waals surface area contributed by atoms with Crippen molar-refractivity contribution >= 4 is 6.03 Å². The number of carbonyl (C=O) groups excluding carboxylic acids is 1. The number of carbonyl (C=O) groups is 1. The molecule has 1 unspecified atom stereocenters. The molecule has 0 radical (unpaired) electrons. The van der Waals surface area contributed by atoms with Crippen LogP contribution in [0.5, 0.6) is 0 Å². The van der Waals surface area contributed by atoms with Gasteiger partial charge in [0.1, 0.15) is 0 Å². The third-order valence-electron chi connectivity index (χ3n) is 8.01. The minimum Gasteiger partial charge on any atom is -0.322 e. The maximum atomic E-state index is 13.1. The molecule has 7 rings (SSSR count). The Morgan fingerprint density at radius 3 is 2.40 bits per heavy atom. The molecule has 2 amide bonds. The van der Waals surface area contributed by atoms with Crippen molar-refractivity contribution in [3.05, 3.63) is 35.4 Å². The van der Waals surface area contributed by atoms with E-state index in [-0.39, 0.29) is 0 Å². The molecule has 2 heterocycles. The standard InChI is InChI=1S/C22H28N2O/c25-21-23(13-20-19-4-2-1-3-18(19)5-6-24(20)21)14-22-10-15-7-16(11-22)9-17(8-15)12-22/h1-4,15-17,20H,5-14H2. The highest BCUT2D eigenvalue weighted by atomic mass is 16.2. The molecule has 1 aromatic rings. The van der Waals surface area contributed by atoms with Gasteiger partial charge in [0.05, 0.1) is 6.04 Å². The van der Waals surface area contributed by atoms with Gasteiger partial charge in [-0.3, -0.25) is 0 Å². The molecule has 1 aromatic carbocycles. The van der Waals surface area contributed by atoms with Crippen molar-refractivity contribution in [1.29, 1.82) is 0 Å².